The molecule has 0 unspecified atom stereocenters. The fourth-order valence-corrected chi connectivity index (χ4v) is 2.23. The molecule has 0 spiro atoms. The molecule has 1 rings (SSSR count). The van der Waals surface area contributed by atoms with Crippen molar-refractivity contribution in [3.8, 4) is 0 Å². The molecule has 0 aliphatic rings. The Labute approximate surface area is 129 Å². The van der Waals surface area contributed by atoms with Crippen molar-refractivity contribution in [3.05, 3.63) is 53.8 Å². The Bertz CT molecular complexity index is 496. The summed E-state index contributed by atoms with van der Waals surface area (Å²) in [6.07, 6.45) is 5.64. The van der Waals surface area contributed by atoms with Gasteiger partial charge in [0, 0.05) is 11.9 Å². The van der Waals surface area contributed by atoms with Crippen LogP contribution < -0.4 is 5.32 Å². The molecule has 0 amide bonds. The molecule has 0 saturated carbocycles. The molecule has 0 atom stereocenters. The lowest BCUT2D eigenvalue weighted by Crippen LogP contribution is -2.09. The van der Waals surface area contributed by atoms with Crippen molar-refractivity contribution in [2.24, 2.45) is 4.99 Å². The van der Waals surface area contributed by atoms with E-state index in [4.69, 9.17) is 0 Å². The van der Waals surface area contributed by atoms with Crippen molar-refractivity contribution in [2.45, 2.75) is 46.5 Å². The van der Waals surface area contributed by atoms with Gasteiger partial charge in [-0.1, -0.05) is 58.5 Å². The van der Waals surface area contributed by atoms with E-state index < -0.39 is 0 Å². The largest absolute Gasteiger partial charge is 0.379 e. The highest BCUT2D eigenvalue weighted by atomic mass is 14.9. The van der Waals surface area contributed by atoms with Crippen LogP contribution in [0.4, 0.5) is 5.69 Å². The normalized spacial score (nSPS) is 12.0. The SMILES string of the molecule is C=C(CNc1c(C(C)C)cccc1C(C)C)/N=C\C=C/C. The van der Waals surface area contributed by atoms with Crippen LogP contribution in [0.25, 0.3) is 0 Å². The molecule has 0 aliphatic carbocycles. The Kier molecular flexibility index (Phi) is 6.93. The van der Waals surface area contributed by atoms with Gasteiger partial charge < -0.3 is 5.32 Å². The minimum Gasteiger partial charge on any atom is -0.379 e. The summed E-state index contributed by atoms with van der Waals surface area (Å²) in [4.78, 5) is 4.31. The van der Waals surface area contributed by atoms with E-state index in [0.717, 1.165) is 5.70 Å². The summed E-state index contributed by atoms with van der Waals surface area (Å²) >= 11 is 0. The molecule has 1 aromatic rings. The molecule has 0 radical (unpaired) electrons. The predicted molar refractivity (Wildman–Crippen MR) is 95.6 cm³/mol. The summed E-state index contributed by atoms with van der Waals surface area (Å²) < 4.78 is 0. The number of anilines is 1. The van der Waals surface area contributed by atoms with Crippen LogP contribution in [0.15, 0.2) is 47.6 Å². The first-order valence-electron chi connectivity index (χ1n) is 7.67. The second-order valence-corrected chi connectivity index (χ2v) is 5.84. The molecular weight excluding hydrogens is 256 g/mol. The summed E-state index contributed by atoms with van der Waals surface area (Å²) in [6, 6.07) is 6.55. The van der Waals surface area contributed by atoms with E-state index in [2.05, 4.69) is 62.8 Å². The highest BCUT2D eigenvalue weighted by molar-refractivity contribution is 5.72. The maximum Gasteiger partial charge on any atom is 0.0567 e. The molecule has 1 N–H and O–H groups in total. The maximum absolute atomic E-state index is 4.31. The number of benzene rings is 1. The molecule has 114 valence electrons. The summed E-state index contributed by atoms with van der Waals surface area (Å²) in [6.45, 7) is 15.5. The van der Waals surface area contributed by atoms with Gasteiger partial charge >= 0.3 is 0 Å². The monoisotopic (exact) mass is 284 g/mol. The lowest BCUT2D eigenvalue weighted by atomic mass is 9.92. The minimum absolute atomic E-state index is 0.492. The van der Waals surface area contributed by atoms with E-state index in [-0.39, 0.29) is 0 Å². The number of hydrogen-bond donors (Lipinski definition) is 1. The molecule has 0 heterocycles. The Hall–Kier alpha value is -1.83. The number of nitrogens with one attached hydrogen (secondary N) is 1. The first kappa shape index (κ1) is 17.2. The molecule has 0 aliphatic heterocycles. The van der Waals surface area contributed by atoms with Gasteiger partial charge in [0.05, 0.1) is 12.2 Å². The molecule has 2 nitrogen and oxygen atoms in total. The van der Waals surface area contributed by atoms with E-state index in [9.17, 15) is 0 Å². The fraction of sp³-hybridized carbons (Fsp3) is 0.421. The first-order valence-corrected chi connectivity index (χ1v) is 7.67. The van der Waals surface area contributed by atoms with Gasteiger partial charge in [0.25, 0.3) is 0 Å². The van der Waals surface area contributed by atoms with Crippen LogP contribution in [0.3, 0.4) is 0 Å². The predicted octanol–water partition coefficient (Wildman–Crippen LogP) is 5.51. The van der Waals surface area contributed by atoms with Crippen LogP contribution in [-0.2, 0) is 0 Å². The van der Waals surface area contributed by atoms with E-state index >= 15 is 0 Å². The Morgan fingerprint density at radius 1 is 1.19 bits per heavy atom. The third-order valence-corrected chi connectivity index (χ3v) is 3.38. The van der Waals surface area contributed by atoms with Crippen molar-refractivity contribution in [2.75, 3.05) is 11.9 Å². The van der Waals surface area contributed by atoms with Crippen molar-refractivity contribution in [1.29, 1.82) is 0 Å². The summed E-state index contributed by atoms with van der Waals surface area (Å²) in [5.41, 5.74) is 4.78. The Balaban J connectivity index is 2.93. The fourth-order valence-electron chi connectivity index (χ4n) is 2.23. The lowest BCUT2D eigenvalue weighted by Gasteiger charge is -2.20. The van der Waals surface area contributed by atoms with Crippen LogP contribution in [0.2, 0.25) is 0 Å². The van der Waals surface area contributed by atoms with Crippen LogP contribution in [0.1, 0.15) is 57.6 Å². The molecule has 2 heteroatoms. The molecule has 0 saturated heterocycles. The second-order valence-electron chi connectivity index (χ2n) is 5.84. The number of hydrogen-bond acceptors (Lipinski definition) is 2. The third-order valence-electron chi connectivity index (χ3n) is 3.38. The summed E-state index contributed by atoms with van der Waals surface area (Å²) in [7, 11) is 0. The number of aliphatic imine (C=N–C) groups is 1. The lowest BCUT2D eigenvalue weighted by molar-refractivity contribution is 0.834. The van der Waals surface area contributed by atoms with Gasteiger partial charge in [-0.25, -0.2) is 0 Å². The highest BCUT2D eigenvalue weighted by Gasteiger charge is 2.13. The van der Waals surface area contributed by atoms with Crippen molar-refractivity contribution < 1.29 is 0 Å². The summed E-state index contributed by atoms with van der Waals surface area (Å²) in [5.74, 6) is 0.983. The van der Waals surface area contributed by atoms with E-state index in [1.54, 1.807) is 6.21 Å². The zero-order valence-corrected chi connectivity index (χ0v) is 14.0. The first-order chi connectivity index (χ1) is 9.97. The maximum atomic E-state index is 4.31. The standard InChI is InChI=1S/C19H28N2/c1-7-8-12-20-16(6)13-21-19-17(14(2)3)10-9-11-18(19)15(4)5/h7-12,14-15,21H,6,13H2,1-5H3/b8-7-,20-12-. The number of allylic oxidation sites excluding steroid dienone is 2. The molecule has 21 heavy (non-hydrogen) atoms. The van der Waals surface area contributed by atoms with Gasteiger partial charge in [-0.3, -0.25) is 4.99 Å². The van der Waals surface area contributed by atoms with Gasteiger partial charge in [-0.15, -0.1) is 0 Å². The topological polar surface area (TPSA) is 24.4 Å². The zero-order chi connectivity index (χ0) is 15.8. The average Bonchev–Trinajstić information content (AvgIpc) is 2.44. The number of rotatable bonds is 7. The van der Waals surface area contributed by atoms with E-state index in [0.29, 0.717) is 18.4 Å². The molecule has 1 aromatic carbocycles. The van der Waals surface area contributed by atoms with Gasteiger partial charge in [0.15, 0.2) is 0 Å². The Morgan fingerprint density at radius 3 is 2.24 bits per heavy atom. The molecule has 0 fully saturated rings. The van der Waals surface area contributed by atoms with Crippen LogP contribution in [0.5, 0.6) is 0 Å². The average molecular weight is 284 g/mol. The zero-order valence-electron chi connectivity index (χ0n) is 14.0. The second kappa shape index (κ2) is 8.46. The summed E-state index contributed by atoms with van der Waals surface area (Å²) in [5, 5.41) is 3.53. The molecule has 0 aromatic heterocycles. The van der Waals surface area contributed by atoms with Crippen LogP contribution in [-0.4, -0.2) is 12.8 Å². The van der Waals surface area contributed by atoms with Gasteiger partial charge in [0.2, 0.25) is 0 Å². The van der Waals surface area contributed by atoms with Crippen molar-refractivity contribution in [1.82, 2.24) is 0 Å². The highest BCUT2D eigenvalue weighted by Crippen LogP contribution is 2.32. The van der Waals surface area contributed by atoms with E-state index in [1.807, 2.05) is 19.1 Å². The van der Waals surface area contributed by atoms with Gasteiger partial charge in [0.1, 0.15) is 0 Å². The van der Waals surface area contributed by atoms with Crippen molar-refractivity contribution in [3.63, 3.8) is 0 Å². The third kappa shape index (κ3) is 5.22. The van der Waals surface area contributed by atoms with Crippen LogP contribution >= 0.6 is 0 Å². The van der Waals surface area contributed by atoms with Crippen LogP contribution in [0, 0.1) is 0 Å². The van der Waals surface area contributed by atoms with Gasteiger partial charge in [-0.2, -0.15) is 0 Å². The molecular formula is C19H28N2. The smallest absolute Gasteiger partial charge is 0.0567 e. The quantitative estimate of drug-likeness (QED) is 0.656. The number of nitrogens with zero attached hydrogens (tertiary/aromatic N) is 1. The molecule has 0 bridgehead atoms. The van der Waals surface area contributed by atoms with E-state index in [1.165, 1.54) is 16.8 Å². The van der Waals surface area contributed by atoms with Crippen molar-refractivity contribution >= 4 is 11.9 Å². The Morgan fingerprint density at radius 2 is 1.76 bits per heavy atom. The number of para-hydroxylation sites is 1. The minimum atomic E-state index is 0.492. The van der Waals surface area contributed by atoms with Gasteiger partial charge in [-0.05, 0) is 36.0 Å².